The molecule has 0 amide bonds. The fourth-order valence-electron chi connectivity index (χ4n) is 1.64. The van der Waals surface area contributed by atoms with E-state index in [1.807, 2.05) is 6.07 Å². The molecule has 2 aromatic rings. The first kappa shape index (κ1) is 14.6. The van der Waals surface area contributed by atoms with Gasteiger partial charge in [0, 0.05) is 15.6 Å². The molecule has 5 heteroatoms. The van der Waals surface area contributed by atoms with E-state index in [1.54, 1.807) is 11.3 Å². The molecule has 1 aromatic carbocycles. The van der Waals surface area contributed by atoms with Crippen molar-refractivity contribution in [3.8, 4) is 10.6 Å². The van der Waals surface area contributed by atoms with E-state index in [0.717, 1.165) is 26.6 Å². The van der Waals surface area contributed by atoms with Crippen molar-refractivity contribution < 1.29 is 0 Å². The maximum Gasteiger partial charge on any atom is 0.148 e. The molecule has 0 unspecified atom stereocenters. The van der Waals surface area contributed by atoms with Crippen LogP contribution in [0.3, 0.4) is 0 Å². The molecule has 0 aliphatic rings. The minimum atomic E-state index is 0.0966. The van der Waals surface area contributed by atoms with Crippen molar-refractivity contribution in [2.75, 3.05) is 0 Å². The average Bonchev–Trinajstić information content (AvgIpc) is 2.74. The Bertz CT molecular complexity index is 572. The van der Waals surface area contributed by atoms with Crippen LogP contribution in [0.15, 0.2) is 22.7 Å². The number of aromatic nitrogens is 2. The van der Waals surface area contributed by atoms with E-state index < -0.39 is 0 Å². The van der Waals surface area contributed by atoms with E-state index in [1.165, 1.54) is 5.56 Å². The molecule has 0 bridgehead atoms. The zero-order valence-corrected chi connectivity index (χ0v) is 14.0. The molecule has 2 rings (SSSR count). The van der Waals surface area contributed by atoms with Gasteiger partial charge in [-0.2, -0.15) is 0 Å². The van der Waals surface area contributed by atoms with Crippen LogP contribution in [0.4, 0.5) is 0 Å². The average molecular weight is 340 g/mol. The maximum absolute atomic E-state index is 4.29. The quantitative estimate of drug-likeness (QED) is 0.912. The molecule has 19 heavy (non-hydrogen) atoms. The molecule has 0 aliphatic carbocycles. The van der Waals surface area contributed by atoms with Gasteiger partial charge >= 0.3 is 0 Å². The Labute approximate surface area is 126 Å². The Morgan fingerprint density at radius 1 is 1.26 bits per heavy atom. The lowest BCUT2D eigenvalue weighted by molar-refractivity contribution is 0.423. The van der Waals surface area contributed by atoms with Crippen molar-refractivity contribution in [3.63, 3.8) is 0 Å². The maximum atomic E-state index is 4.29. The monoisotopic (exact) mass is 339 g/mol. The number of halogens is 1. The van der Waals surface area contributed by atoms with E-state index in [4.69, 9.17) is 0 Å². The molecule has 102 valence electrons. The number of nitrogens with one attached hydrogen (secondary N) is 1. The third kappa shape index (κ3) is 4.09. The standard InChI is InChI=1S/C14H18BrN3S/c1-9-7-10(15)5-6-11(9)13-18-17-12(19-13)8-16-14(2,3)4/h5-7,16H,8H2,1-4H3. The molecular weight excluding hydrogens is 322 g/mol. The Morgan fingerprint density at radius 2 is 2.00 bits per heavy atom. The fourth-order valence-corrected chi connectivity index (χ4v) is 2.99. The highest BCUT2D eigenvalue weighted by Crippen LogP contribution is 2.28. The number of rotatable bonds is 3. The SMILES string of the molecule is Cc1cc(Br)ccc1-c1nnc(CNC(C)(C)C)s1. The molecule has 0 atom stereocenters. The first-order valence-corrected chi connectivity index (χ1v) is 7.80. The van der Waals surface area contributed by atoms with Gasteiger partial charge in [0.15, 0.2) is 0 Å². The van der Waals surface area contributed by atoms with Crippen LogP contribution in [0.1, 0.15) is 31.3 Å². The van der Waals surface area contributed by atoms with Gasteiger partial charge < -0.3 is 5.32 Å². The number of hydrogen-bond donors (Lipinski definition) is 1. The first-order chi connectivity index (χ1) is 8.85. The molecule has 0 fully saturated rings. The van der Waals surface area contributed by atoms with Gasteiger partial charge in [-0.1, -0.05) is 33.3 Å². The second-order valence-corrected chi connectivity index (χ2v) is 7.54. The molecule has 0 radical (unpaired) electrons. The van der Waals surface area contributed by atoms with Crippen molar-refractivity contribution in [3.05, 3.63) is 33.2 Å². The normalized spacial score (nSPS) is 11.8. The summed E-state index contributed by atoms with van der Waals surface area (Å²) < 4.78 is 1.09. The van der Waals surface area contributed by atoms with E-state index in [0.29, 0.717) is 0 Å². The molecule has 0 saturated heterocycles. The molecule has 1 N–H and O–H groups in total. The fraction of sp³-hybridized carbons (Fsp3) is 0.429. The summed E-state index contributed by atoms with van der Waals surface area (Å²) in [6.45, 7) is 9.29. The topological polar surface area (TPSA) is 37.8 Å². The van der Waals surface area contributed by atoms with Gasteiger partial charge in [0.2, 0.25) is 0 Å². The lowest BCUT2D eigenvalue weighted by atomic mass is 10.1. The lowest BCUT2D eigenvalue weighted by Gasteiger charge is -2.19. The number of aryl methyl sites for hydroxylation is 1. The van der Waals surface area contributed by atoms with E-state index in [-0.39, 0.29) is 5.54 Å². The largest absolute Gasteiger partial charge is 0.306 e. The van der Waals surface area contributed by atoms with Crippen LogP contribution in [-0.4, -0.2) is 15.7 Å². The van der Waals surface area contributed by atoms with Crippen LogP contribution in [0.25, 0.3) is 10.6 Å². The van der Waals surface area contributed by atoms with Crippen molar-refractivity contribution in [2.45, 2.75) is 39.8 Å². The third-order valence-corrected chi connectivity index (χ3v) is 4.11. The van der Waals surface area contributed by atoms with Gasteiger partial charge in [0.25, 0.3) is 0 Å². The van der Waals surface area contributed by atoms with Gasteiger partial charge in [0.1, 0.15) is 10.0 Å². The minimum Gasteiger partial charge on any atom is -0.306 e. The molecule has 1 heterocycles. The first-order valence-electron chi connectivity index (χ1n) is 6.19. The van der Waals surface area contributed by atoms with Crippen LogP contribution in [0.5, 0.6) is 0 Å². The third-order valence-electron chi connectivity index (χ3n) is 2.66. The van der Waals surface area contributed by atoms with Crippen LogP contribution >= 0.6 is 27.3 Å². The second kappa shape index (κ2) is 5.69. The van der Waals surface area contributed by atoms with Crippen molar-refractivity contribution in [1.82, 2.24) is 15.5 Å². The smallest absolute Gasteiger partial charge is 0.148 e. The number of benzene rings is 1. The van der Waals surface area contributed by atoms with Gasteiger partial charge in [-0.15, -0.1) is 10.2 Å². The molecule has 1 aromatic heterocycles. The highest BCUT2D eigenvalue weighted by molar-refractivity contribution is 9.10. The number of nitrogens with zero attached hydrogens (tertiary/aromatic N) is 2. The summed E-state index contributed by atoms with van der Waals surface area (Å²) in [5.41, 5.74) is 2.46. The van der Waals surface area contributed by atoms with Crippen molar-refractivity contribution in [1.29, 1.82) is 0 Å². The van der Waals surface area contributed by atoms with Gasteiger partial charge in [-0.3, -0.25) is 0 Å². The summed E-state index contributed by atoms with van der Waals surface area (Å²) in [6, 6.07) is 6.22. The van der Waals surface area contributed by atoms with Gasteiger partial charge in [-0.05, 0) is 45.4 Å². The zero-order chi connectivity index (χ0) is 14.0. The molecule has 0 aliphatic heterocycles. The Morgan fingerprint density at radius 3 is 2.63 bits per heavy atom. The Kier molecular flexibility index (Phi) is 4.38. The van der Waals surface area contributed by atoms with Crippen LogP contribution in [0.2, 0.25) is 0 Å². The minimum absolute atomic E-state index is 0.0966. The van der Waals surface area contributed by atoms with Crippen molar-refractivity contribution in [2.24, 2.45) is 0 Å². The van der Waals surface area contributed by atoms with E-state index >= 15 is 0 Å². The highest BCUT2D eigenvalue weighted by atomic mass is 79.9. The zero-order valence-electron chi connectivity index (χ0n) is 11.6. The summed E-state index contributed by atoms with van der Waals surface area (Å²) in [7, 11) is 0. The van der Waals surface area contributed by atoms with Crippen LogP contribution < -0.4 is 5.32 Å². The lowest BCUT2D eigenvalue weighted by Crippen LogP contribution is -2.35. The predicted molar refractivity (Wildman–Crippen MR) is 84.4 cm³/mol. The van der Waals surface area contributed by atoms with Gasteiger partial charge in [0.05, 0.1) is 6.54 Å². The molecule has 3 nitrogen and oxygen atoms in total. The molecule has 0 spiro atoms. The summed E-state index contributed by atoms with van der Waals surface area (Å²) in [5, 5.41) is 14.0. The summed E-state index contributed by atoms with van der Waals surface area (Å²) in [5.74, 6) is 0. The highest BCUT2D eigenvalue weighted by Gasteiger charge is 2.12. The number of hydrogen-bond acceptors (Lipinski definition) is 4. The Hall–Kier alpha value is -0.780. The predicted octanol–water partition coefficient (Wildman–Crippen LogP) is 4.16. The summed E-state index contributed by atoms with van der Waals surface area (Å²) in [4.78, 5) is 0. The molecule has 0 saturated carbocycles. The summed E-state index contributed by atoms with van der Waals surface area (Å²) in [6.07, 6.45) is 0. The van der Waals surface area contributed by atoms with Gasteiger partial charge in [-0.25, -0.2) is 0 Å². The Balaban J connectivity index is 2.16. The summed E-state index contributed by atoms with van der Waals surface area (Å²) >= 11 is 5.12. The molecular formula is C14H18BrN3S. The van der Waals surface area contributed by atoms with E-state index in [9.17, 15) is 0 Å². The van der Waals surface area contributed by atoms with Crippen molar-refractivity contribution >= 4 is 27.3 Å². The second-order valence-electron chi connectivity index (χ2n) is 5.56. The van der Waals surface area contributed by atoms with E-state index in [2.05, 4.69) is 71.3 Å². The van der Waals surface area contributed by atoms with Crippen LogP contribution in [0, 0.1) is 6.92 Å². The van der Waals surface area contributed by atoms with Crippen LogP contribution in [-0.2, 0) is 6.54 Å².